The Morgan fingerprint density at radius 2 is 1.93 bits per heavy atom. The third kappa shape index (κ3) is 7.51. The summed E-state index contributed by atoms with van der Waals surface area (Å²) in [5.74, 6) is -0.401. The smallest absolute Gasteiger partial charge is 0.250 e. The first kappa shape index (κ1) is 32.1. The molecule has 0 radical (unpaired) electrons. The van der Waals surface area contributed by atoms with Crippen LogP contribution in [0.25, 0.3) is 10.1 Å². The molecule has 236 valence electrons. The number of likely N-dealkylation sites (tertiary alicyclic amines) is 3. The summed E-state index contributed by atoms with van der Waals surface area (Å²) in [6.07, 6.45) is 4.04. The van der Waals surface area contributed by atoms with Crippen LogP contribution in [-0.2, 0) is 29.1 Å². The van der Waals surface area contributed by atoms with Crippen LogP contribution in [0.15, 0.2) is 28.5 Å². The van der Waals surface area contributed by atoms with E-state index in [2.05, 4.69) is 9.62 Å². The lowest BCUT2D eigenvalue weighted by molar-refractivity contribution is -0.143. The van der Waals surface area contributed by atoms with Crippen LogP contribution in [0.2, 0.25) is 5.02 Å². The van der Waals surface area contributed by atoms with Crippen LogP contribution in [0, 0.1) is 0 Å². The zero-order valence-electron chi connectivity index (χ0n) is 24.7. The molecular weight excluding hydrogens is 614 g/mol. The van der Waals surface area contributed by atoms with Gasteiger partial charge in [-0.15, -0.1) is 11.3 Å². The Kier molecular flexibility index (Phi) is 10.3. The topological polar surface area (TPSA) is 120 Å². The summed E-state index contributed by atoms with van der Waals surface area (Å²) >= 11 is 7.18. The van der Waals surface area contributed by atoms with Crippen molar-refractivity contribution in [2.75, 3.05) is 60.0 Å². The van der Waals surface area contributed by atoms with Gasteiger partial charge in [-0.3, -0.25) is 19.3 Å². The van der Waals surface area contributed by atoms with Crippen molar-refractivity contribution in [3.05, 3.63) is 29.3 Å². The molecule has 5 rings (SSSR count). The highest BCUT2D eigenvalue weighted by atomic mass is 35.5. The van der Waals surface area contributed by atoms with Crippen molar-refractivity contribution in [3.63, 3.8) is 0 Å². The van der Waals surface area contributed by atoms with Crippen LogP contribution in [0.4, 0.5) is 0 Å². The molecule has 43 heavy (non-hydrogen) atoms. The molecule has 3 saturated heterocycles. The fraction of sp³-hybridized carbons (Fsp3) is 0.621. The van der Waals surface area contributed by atoms with E-state index in [1.165, 1.54) is 4.90 Å². The maximum Gasteiger partial charge on any atom is 0.250 e. The molecule has 1 N–H and O–H groups in total. The zero-order chi connectivity index (χ0) is 30.7. The Morgan fingerprint density at radius 1 is 1.14 bits per heavy atom. The summed E-state index contributed by atoms with van der Waals surface area (Å²) in [7, 11) is -0.497. The molecule has 3 aliphatic rings. The highest BCUT2D eigenvalue weighted by Crippen LogP contribution is 2.31. The Morgan fingerprint density at radius 3 is 2.72 bits per heavy atom. The minimum Gasteiger partial charge on any atom is -0.384 e. The number of benzene rings is 1. The first-order chi connectivity index (χ1) is 20.6. The molecule has 3 aliphatic heterocycles. The summed E-state index contributed by atoms with van der Waals surface area (Å²) in [5.41, 5.74) is 0. The Labute approximate surface area is 262 Å². The maximum absolute atomic E-state index is 13.4. The van der Waals surface area contributed by atoms with E-state index >= 15 is 0 Å². The molecular formula is C29H40ClN5O6S2. The molecule has 3 fully saturated rings. The van der Waals surface area contributed by atoms with Crippen LogP contribution in [0.5, 0.6) is 0 Å². The van der Waals surface area contributed by atoms with Gasteiger partial charge in [-0.25, -0.2) is 8.42 Å². The fourth-order valence-corrected chi connectivity index (χ4v) is 9.14. The molecule has 3 unspecified atom stereocenters. The normalized spacial score (nSPS) is 23.4. The van der Waals surface area contributed by atoms with E-state index in [1.807, 2.05) is 16.8 Å². The molecule has 0 bridgehead atoms. The Hall–Kier alpha value is -2.29. The number of carbonyl (C=O) groups excluding carboxylic acids is 3. The number of sulfonamides is 1. The molecule has 2 aromatic rings. The van der Waals surface area contributed by atoms with E-state index in [-0.39, 0.29) is 40.6 Å². The van der Waals surface area contributed by atoms with E-state index < -0.39 is 16.1 Å². The van der Waals surface area contributed by atoms with E-state index in [9.17, 15) is 22.8 Å². The van der Waals surface area contributed by atoms with Crippen molar-refractivity contribution < 1.29 is 27.5 Å². The van der Waals surface area contributed by atoms with Crippen molar-refractivity contribution in [3.8, 4) is 0 Å². The number of rotatable bonds is 11. The number of methoxy groups -OCH3 is 1. The van der Waals surface area contributed by atoms with Crippen molar-refractivity contribution in [2.24, 2.45) is 0 Å². The van der Waals surface area contributed by atoms with E-state index in [4.69, 9.17) is 16.3 Å². The SMILES string of the molecule is COCCC(=O)N(C)C1CCN(CC2CCCN2C(=O)CN2CCCC(NS(=O)(=O)c3cc4cc(Cl)ccc4s3)C2=O)C1. The number of nitrogens with one attached hydrogen (secondary N) is 1. The molecule has 3 atom stereocenters. The van der Waals surface area contributed by atoms with Gasteiger partial charge in [-0.05, 0) is 61.8 Å². The summed E-state index contributed by atoms with van der Waals surface area (Å²) in [6, 6.07) is 6.04. The number of halogens is 1. The van der Waals surface area contributed by atoms with Crippen LogP contribution < -0.4 is 4.72 Å². The number of piperidine rings is 1. The molecule has 11 nitrogen and oxygen atoms in total. The Bertz CT molecular complexity index is 1450. The predicted octanol–water partition coefficient (Wildman–Crippen LogP) is 2.38. The summed E-state index contributed by atoms with van der Waals surface area (Å²) in [6.45, 7) is 3.78. The summed E-state index contributed by atoms with van der Waals surface area (Å²) in [5, 5.41) is 1.25. The number of amides is 3. The number of ether oxygens (including phenoxy) is 1. The number of nitrogens with zero attached hydrogens (tertiary/aromatic N) is 4. The second-order valence-electron chi connectivity index (χ2n) is 11.7. The van der Waals surface area contributed by atoms with Crippen LogP contribution in [0.3, 0.4) is 0 Å². The zero-order valence-corrected chi connectivity index (χ0v) is 27.1. The van der Waals surface area contributed by atoms with Gasteiger partial charge in [0.2, 0.25) is 17.7 Å². The molecule has 1 aromatic carbocycles. The highest BCUT2D eigenvalue weighted by molar-refractivity contribution is 7.91. The number of likely N-dealkylation sites (N-methyl/N-ethyl adjacent to an activating group) is 1. The maximum atomic E-state index is 13.4. The third-order valence-corrected chi connectivity index (χ3v) is 12.0. The quantitative estimate of drug-likeness (QED) is 0.396. The Balaban J connectivity index is 1.15. The van der Waals surface area contributed by atoms with Crippen molar-refractivity contribution in [1.82, 2.24) is 24.3 Å². The highest BCUT2D eigenvalue weighted by Gasteiger charge is 2.38. The predicted molar refractivity (Wildman–Crippen MR) is 166 cm³/mol. The standard InChI is InChI=1S/C29H40ClN5O6S2/c1-32(26(36)10-14-41-2)22-9-13-33(17-22)18-23-5-3-12-35(23)27(37)19-34-11-4-6-24(29(34)38)31-43(39,40)28-16-20-15-21(30)7-8-25(20)42-28/h7-8,15-16,22-24,31H,3-6,9-14,17-19H2,1-2H3. The lowest BCUT2D eigenvalue weighted by Crippen LogP contribution is -2.55. The second kappa shape index (κ2) is 13.8. The van der Waals surface area contributed by atoms with Gasteiger partial charge in [-0.1, -0.05) is 11.6 Å². The molecule has 4 heterocycles. The van der Waals surface area contributed by atoms with E-state index in [0.717, 1.165) is 60.3 Å². The van der Waals surface area contributed by atoms with Gasteiger partial charge in [0.1, 0.15) is 10.3 Å². The van der Waals surface area contributed by atoms with Crippen LogP contribution in [0.1, 0.15) is 38.5 Å². The minimum atomic E-state index is -3.93. The third-order valence-electron chi connectivity index (χ3n) is 8.75. The van der Waals surface area contributed by atoms with Gasteiger partial charge >= 0.3 is 0 Å². The van der Waals surface area contributed by atoms with Crippen molar-refractivity contribution in [1.29, 1.82) is 0 Å². The number of thiophene rings is 1. The fourth-order valence-electron chi connectivity index (χ4n) is 6.34. The lowest BCUT2D eigenvalue weighted by Gasteiger charge is -2.35. The molecule has 14 heteroatoms. The first-order valence-corrected chi connectivity index (χ1v) is 17.5. The van der Waals surface area contributed by atoms with Gasteiger partial charge in [0.05, 0.1) is 19.6 Å². The van der Waals surface area contributed by atoms with Gasteiger partial charge in [0.25, 0.3) is 10.0 Å². The molecule has 1 aromatic heterocycles. The molecule has 3 amide bonds. The average molecular weight is 654 g/mol. The second-order valence-corrected chi connectivity index (χ2v) is 15.1. The lowest BCUT2D eigenvalue weighted by atomic mass is 10.1. The van der Waals surface area contributed by atoms with Crippen molar-refractivity contribution >= 4 is 60.8 Å². The van der Waals surface area contributed by atoms with E-state index in [0.29, 0.717) is 44.0 Å². The first-order valence-electron chi connectivity index (χ1n) is 14.8. The van der Waals surface area contributed by atoms with Gasteiger partial charge in [0.15, 0.2) is 0 Å². The van der Waals surface area contributed by atoms with E-state index in [1.54, 1.807) is 31.4 Å². The van der Waals surface area contributed by atoms with Gasteiger partial charge in [0, 0.05) is 68.7 Å². The number of fused-ring (bicyclic) bond motifs is 1. The minimum absolute atomic E-state index is 0.0522. The number of carbonyl (C=O) groups is 3. The van der Waals surface area contributed by atoms with Crippen molar-refractivity contribution in [2.45, 2.75) is 60.9 Å². The summed E-state index contributed by atoms with van der Waals surface area (Å²) in [4.78, 5) is 46.7. The molecule has 0 aliphatic carbocycles. The largest absolute Gasteiger partial charge is 0.384 e. The molecule has 0 spiro atoms. The van der Waals surface area contributed by atoms with Crippen LogP contribution in [-0.4, -0.2) is 124 Å². The monoisotopic (exact) mass is 653 g/mol. The number of hydrogen-bond donors (Lipinski definition) is 1. The number of hydrogen-bond acceptors (Lipinski definition) is 8. The average Bonchev–Trinajstić information content (AvgIpc) is 3.73. The molecule has 0 saturated carbocycles. The van der Waals surface area contributed by atoms with Gasteiger partial charge < -0.3 is 19.4 Å². The van der Waals surface area contributed by atoms with Crippen LogP contribution >= 0.6 is 22.9 Å². The van der Waals surface area contributed by atoms with Gasteiger partial charge in [-0.2, -0.15) is 4.72 Å². The summed E-state index contributed by atoms with van der Waals surface area (Å²) < 4.78 is 34.9.